The zero-order valence-electron chi connectivity index (χ0n) is 13.6. The average Bonchev–Trinajstić information content (AvgIpc) is 3.16. The summed E-state index contributed by atoms with van der Waals surface area (Å²) in [7, 11) is 7.36. The lowest BCUT2D eigenvalue weighted by molar-refractivity contribution is -0.127. The summed E-state index contributed by atoms with van der Waals surface area (Å²) in [6.45, 7) is 0.877. The number of rotatable bonds is 5. The number of aromatic nitrogens is 2. The fraction of sp³-hybridized carbons (Fsp3) is 0.643. The van der Waals surface area contributed by atoms with E-state index in [9.17, 15) is 4.79 Å². The predicted molar refractivity (Wildman–Crippen MR) is 97.2 cm³/mol. The second-order valence-corrected chi connectivity index (χ2v) is 5.72. The van der Waals surface area contributed by atoms with Crippen molar-refractivity contribution in [3.05, 3.63) is 18.0 Å². The van der Waals surface area contributed by atoms with E-state index in [2.05, 4.69) is 15.4 Å². The summed E-state index contributed by atoms with van der Waals surface area (Å²) in [4.78, 5) is 19.7. The molecule has 1 fully saturated rings. The van der Waals surface area contributed by atoms with Crippen LogP contribution < -0.4 is 5.32 Å². The Hall–Kier alpha value is -1.32. The Labute approximate surface area is 148 Å². The van der Waals surface area contributed by atoms with Crippen LogP contribution in [0.25, 0.3) is 0 Å². The number of aryl methyl sites for hydroxylation is 1. The van der Waals surface area contributed by atoms with Gasteiger partial charge in [0.15, 0.2) is 5.96 Å². The predicted octanol–water partition coefficient (Wildman–Crippen LogP) is 0.666. The van der Waals surface area contributed by atoms with Crippen LogP contribution in [0, 0.1) is 0 Å². The van der Waals surface area contributed by atoms with Crippen molar-refractivity contribution in [1.82, 2.24) is 24.9 Å². The molecule has 0 aliphatic heterocycles. The smallest absolute Gasteiger partial charge is 0.243 e. The van der Waals surface area contributed by atoms with E-state index in [0.29, 0.717) is 12.6 Å². The summed E-state index contributed by atoms with van der Waals surface area (Å²) < 4.78 is 1.78. The van der Waals surface area contributed by atoms with E-state index < -0.39 is 0 Å². The van der Waals surface area contributed by atoms with Crippen LogP contribution in [0.4, 0.5) is 0 Å². The van der Waals surface area contributed by atoms with Gasteiger partial charge in [0.05, 0.1) is 6.20 Å². The fourth-order valence-electron chi connectivity index (χ4n) is 1.87. The molecule has 2 rings (SSSR count). The Morgan fingerprint density at radius 3 is 2.64 bits per heavy atom. The molecule has 0 aromatic carbocycles. The molecule has 1 saturated carbocycles. The zero-order chi connectivity index (χ0) is 15.4. The molecule has 0 bridgehead atoms. The maximum absolute atomic E-state index is 11.7. The third-order valence-corrected chi connectivity index (χ3v) is 3.31. The molecule has 0 saturated heterocycles. The van der Waals surface area contributed by atoms with E-state index in [-0.39, 0.29) is 36.4 Å². The number of hydrogen-bond donors (Lipinski definition) is 1. The molecular formula is C14H25IN6O. The summed E-state index contributed by atoms with van der Waals surface area (Å²) in [6.07, 6.45) is 6.16. The van der Waals surface area contributed by atoms with Gasteiger partial charge in [-0.05, 0) is 12.8 Å². The third-order valence-electron chi connectivity index (χ3n) is 3.31. The summed E-state index contributed by atoms with van der Waals surface area (Å²) in [5, 5.41) is 7.56. The highest BCUT2D eigenvalue weighted by atomic mass is 127. The maximum atomic E-state index is 11.7. The first-order valence-electron chi connectivity index (χ1n) is 7.15. The molecule has 1 aliphatic carbocycles. The van der Waals surface area contributed by atoms with Crippen LogP contribution in [0.15, 0.2) is 17.4 Å². The minimum absolute atomic E-state index is 0. The lowest BCUT2D eigenvalue weighted by Gasteiger charge is -2.22. The summed E-state index contributed by atoms with van der Waals surface area (Å²) in [6, 6.07) is 0.495. The number of amides is 1. The topological polar surface area (TPSA) is 65.8 Å². The van der Waals surface area contributed by atoms with Gasteiger partial charge < -0.3 is 15.1 Å². The molecule has 1 aromatic rings. The minimum atomic E-state index is -0.000116. The molecule has 8 heteroatoms. The lowest BCUT2D eigenvalue weighted by Crippen LogP contribution is -2.40. The number of guanidine groups is 1. The van der Waals surface area contributed by atoms with E-state index in [1.54, 1.807) is 23.7 Å². The fourth-order valence-corrected chi connectivity index (χ4v) is 1.87. The van der Waals surface area contributed by atoms with Gasteiger partial charge in [0, 0.05) is 52.5 Å². The Morgan fingerprint density at radius 2 is 2.14 bits per heavy atom. The highest BCUT2D eigenvalue weighted by Gasteiger charge is 2.24. The van der Waals surface area contributed by atoms with Crippen molar-refractivity contribution in [3.63, 3.8) is 0 Å². The second kappa shape index (κ2) is 8.35. The molecule has 22 heavy (non-hydrogen) atoms. The molecule has 0 radical (unpaired) electrons. The van der Waals surface area contributed by atoms with Gasteiger partial charge in [-0.2, -0.15) is 5.10 Å². The Balaban J connectivity index is 0.00000242. The maximum Gasteiger partial charge on any atom is 0.243 e. The van der Waals surface area contributed by atoms with Crippen molar-refractivity contribution in [2.45, 2.75) is 25.4 Å². The van der Waals surface area contributed by atoms with Crippen LogP contribution in [-0.2, 0) is 18.4 Å². The van der Waals surface area contributed by atoms with E-state index in [1.807, 2.05) is 31.4 Å². The van der Waals surface area contributed by atoms with Gasteiger partial charge in [-0.1, -0.05) is 0 Å². The van der Waals surface area contributed by atoms with E-state index in [4.69, 9.17) is 0 Å². The number of halogens is 1. The van der Waals surface area contributed by atoms with E-state index >= 15 is 0 Å². The van der Waals surface area contributed by atoms with Crippen LogP contribution in [-0.4, -0.2) is 65.2 Å². The van der Waals surface area contributed by atoms with Gasteiger partial charge in [0.25, 0.3) is 0 Å². The molecule has 1 aliphatic rings. The number of hydrogen-bond acceptors (Lipinski definition) is 3. The molecule has 1 aromatic heterocycles. The van der Waals surface area contributed by atoms with Crippen molar-refractivity contribution in [2.24, 2.45) is 12.0 Å². The highest BCUT2D eigenvalue weighted by molar-refractivity contribution is 14.0. The van der Waals surface area contributed by atoms with Crippen molar-refractivity contribution >= 4 is 35.8 Å². The number of carbonyl (C=O) groups excluding carboxylic acids is 1. The van der Waals surface area contributed by atoms with Crippen molar-refractivity contribution < 1.29 is 4.79 Å². The van der Waals surface area contributed by atoms with Crippen molar-refractivity contribution in [3.8, 4) is 0 Å². The van der Waals surface area contributed by atoms with Gasteiger partial charge in [-0.25, -0.2) is 4.99 Å². The van der Waals surface area contributed by atoms with Crippen LogP contribution in [0.2, 0.25) is 0 Å². The van der Waals surface area contributed by atoms with Crippen LogP contribution in [0.5, 0.6) is 0 Å². The SMILES string of the molecule is CN(C)C(=O)CN=C(NC1CC1)N(C)Cc1cnn(C)c1.I. The molecule has 1 N–H and O–H groups in total. The monoisotopic (exact) mass is 420 g/mol. The van der Waals surface area contributed by atoms with Gasteiger partial charge in [-0.15, -0.1) is 24.0 Å². The number of likely N-dealkylation sites (N-methyl/N-ethyl adjacent to an activating group) is 1. The molecule has 0 unspecified atom stereocenters. The first kappa shape index (κ1) is 18.7. The van der Waals surface area contributed by atoms with Gasteiger partial charge in [-0.3, -0.25) is 9.48 Å². The standard InChI is InChI=1S/C14H24N6O.HI/c1-18(2)13(21)8-15-14(17-12-5-6-12)19(3)9-11-7-16-20(4)10-11;/h7,10,12H,5-6,8-9H2,1-4H3,(H,15,17);1H. The normalized spacial score (nSPS) is 14.3. The first-order chi connectivity index (χ1) is 9.95. The third kappa shape index (κ3) is 5.82. The van der Waals surface area contributed by atoms with Crippen molar-refractivity contribution in [2.75, 3.05) is 27.7 Å². The van der Waals surface area contributed by atoms with Crippen LogP contribution in [0.3, 0.4) is 0 Å². The first-order valence-corrected chi connectivity index (χ1v) is 7.15. The number of aliphatic imine (C=N–C) groups is 1. The Bertz CT molecular complexity index is 523. The summed E-state index contributed by atoms with van der Waals surface area (Å²) in [5.41, 5.74) is 1.12. The Kier molecular flexibility index (Phi) is 7.11. The van der Waals surface area contributed by atoms with Crippen LogP contribution in [0.1, 0.15) is 18.4 Å². The van der Waals surface area contributed by atoms with Gasteiger partial charge >= 0.3 is 0 Å². The Morgan fingerprint density at radius 1 is 1.45 bits per heavy atom. The van der Waals surface area contributed by atoms with Crippen molar-refractivity contribution in [1.29, 1.82) is 0 Å². The average molecular weight is 420 g/mol. The van der Waals surface area contributed by atoms with Gasteiger partial charge in [0.2, 0.25) is 5.91 Å². The van der Waals surface area contributed by atoms with E-state index in [0.717, 1.165) is 11.5 Å². The van der Waals surface area contributed by atoms with Gasteiger partial charge in [0.1, 0.15) is 6.54 Å². The molecule has 1 heterocycles. The lowest BCUT2D eigenvalue weighted by atomic mass is 10.3. The number of nitrogens with zero attached hydrogens (tertiary/aromatic N) is 5. The molecule has 124 valence electrons. The molecular weight excluding hydrogens is 395 g/mol. The molecule has 7 nitrogen and oxygen atoms in total. The summed E-state index contributed by atoms with van der Waals surface area (Å²) in [5.74, 6) is 0.774. The minimum Gasteiger partial charge on any atom is -0.353 e. The largest absolute Gasteiger partial charge is 0.353 e. The molecule has 0 spiro atoms. The quantitative estimate of drug-likeness (QED) is 0.432. The molecule has 1 amide bonds. The zero-order valence-corrected chi connectivity index (χ0v) is 15.9. The second-order valence-electron chi connectivity index (χ2n) is 5.72. The molecule has 0 atom stereocenters. The summed E-state index contributed by atoms with van der Waals surface area (Å²) >= 11 is 0. The van der Waals surface area contributed by atoms with E-state index in [1.165, 1.54) is 12.8 Å². The highest BCUT2D eigenvalue weighted by Crippen LogP contribution is 2.19. The number of carbonyl (C=O) groups is 1. The number of nitrogens with one attached hydrogen (secondary N) is 1. The van der Waals surface area contributed by atoms with Crippen LogP contribution >= 0.6 is 24.0 Å².